The molecule has 29 heavy (non-hydrogen) atoms. The molecule has 0 unspecified atom stereocenters. The van der Waals surface area contributed by atoms with Crippen LogP contribution in [0.4, 0.5) is 9.18 Å². The van der Waals surface area contributed by atoms with Crippen molar-refractivity contribution in [2.75, 3.05) is 13.2 Å². The van der Waals surface area contributed by atoms with Crippen LogP contribution in [0.2, 0.25) is 5.02 Å². The molecule has 0 aromatic heterocycles. The molecule has 1 aromatic carbocycles. The first-order valence-corrected chi connectivity index (χ1v) is 9.43. The molecule has 1 aromatic rings. The molecule has 10 heteroatoms. The van der Waals surface area contributed by atoms with Crippen LogP contribution in [0.3, 0.4) is 0 Å². The molecule has 160 valence electrons. The van der Waals surface area contributed by atoms with Crippen molar-refractivity contribution in [1.29, 1.82) is 0 Å². The Labute approximate surface area is 172 Å². The fourth-order valence-corrected chi connectivity index (χ4v) is 2.97. The minimum atomic E-state index is -1.13. The normalized spacial score (nSPS) is 19.4. The minimum absolute atomic E-state index is 0.00675. The van der Waals surface area contributed by atoms with Gasteiger partial charge in [-0.2, -0.15) is 0 Å². The molecule has 8 nitrogen and oxygen atoms in total. The lowest BCUT2D eigenvalue weighted by atomic mass is 9.98. The molecule has 2 amide bonds. The number of rotatable bonds is 5. The van der Waals surface area contributed by atoms with Gasteiger partial charge in [0.05, 0.1) is 5.02 Å². The third kappa shape index (κ3) is 6.77. The Bertz CT molecular complexity index is 782. The van der Waals surface area contributed by atoms with Crippen molar-refractivity contribution in [3.05, 3.63) is 29.0 Å². The van der Waals surface area contributed by atoms with Crippen molar-refractivity contribution in [3.63, 3.8) is 0 Å². The monoisotopic (exact) mass is 430 g/mol. The van der Waals surface area contributed by atoms with E-state index in [-0.39, 0.29) is 30.3 Å². The number of carboxylic acid groups (broad SMARTS) is 1. The highest BCUT2D eigenvalue weighted by atomic mass is 35.5. The highest BCUT2D eigenvalue weighted by Crippen LogP contribution is 2.22. The molecular formula is C19H24ClFN2O6. The summed E-state index contributed by atoms with van der Waals surface area (Å²) in [5.41, 5.74) is -0.780. The smallest absolute Gasteiger partial charge is 0.411 e. The van der Waals surface area contributed by atoms with Crippen LogP contribution in [0.1, 0.15) is 33.6 Å². The van der Waals surface area contributed by atoms with Crippen LogP contribution in [-0.2, 0) is 14.3 Å². The average Bonchev–Trinajstić information content (AvgIpc) is 2.61. The number of carbonyl (C=O) groups is 3. The Morgan fingerprint density at radius 3 is 2.59 bits per heavy atom. The number of benzene rings is 1. The van der Waals surface area contributed by atoms with Gasteiger partial charge in [-0.1, -0.05) is 11.6 Å². The summed E-state index contributed by atoms with van der Waals surface area (Å²) in [5, 5.41) is 12.0. The number of hydrogen-bond donors (Lipinski definition) is 2. The third-order valence-corrected chi connectivity index (χ3v) is 4.43. The second kappa shape index (κ2) is 9.30. The minimum Gasteiger partial charge on any atom is -0.484 e. The molecule has 1 aliphatic heterocycles. The first-order chi connectivity index (χ1) is 13.5. The summed E-state index contributed by atoms with van der Waals surface area (Å²) >= 11 is 5.59. The van der Waals surface area contributed by atoms with Gasteiger partial charge < -0.3 is 19.9 Å². The van der Waals surface area contributed by atoms with Crippen molar-refractivity contribution < 1.29 is 33.4 Å². The van der Waals surface area contributed by atoms with Crippen LogP contribution in [0.15, 0.2) is 18.2 Å². The number of hydrogen-bond acceptors (Lipinski definition) is 5. The van der Waals surface area contributed by atoms with E-state index in [9.17, 15) is 23.9 Å². The number of ether oxygens (including phenoxy) is 2. The zero-order valence-electron chi connectivity index (χ0n) is 16.4. The largest absolute Gasteiger partial charge is 0.484 e. The van der Waals surface area contributed by atoms with E-state index in [0.29, 0.717) is 6.42 Å². The first kappa shape index (κ1) is 22.7. The molecule has 2 rings (SSSR count). The number of halogens is 2. The standard InChI is InChI=1S/C19H24ClFN2O6/c1-19(2,3)29-18(27)23-9-11(4-7-15(23)17(25)26)22-16(24)10-28-12-5-6-13(20)14(21)8-12/h5-6,8,11,15H,4,7,9-10H2,1-3H3,(H,22,24)(H,25,26)/t11-,15+/m0/s1. The Morgan fingerprint density at radius 2 is 2.00 bits per heavy atom. The van der Waals surface area contributed by atoms with E-state index in [0.717, 1.165) is 11.0 Å². The van der Waals surface area contributed by atoms with Crippen molar-refractivity contribution in [2.24, 2.45) is 0 Å². The van der Waals surface area contributed by atoms with Crippen molar-refractivity contribution in [3.8, 4) is 5.75 Å². The number of carboxylic acids is 1. The summed E-state index contributed by atoms with van der Waals surface area (Å²) in [7, 11) is 0. The van der Waals surface area contributed by atoms with Gasteiger partial charge in [0.15, 0.2) is 6.61 Å². The number of nitrogens with zero attached hydrogens (tertiary/aromatic N) is 1. The van der Waals surface area contributed by atoms with Crippen LogP contribution < -0.4 is 10.1 Å². The molecule has 0 aliphatic carbocycles. The summed E-state index contributed by atoms with van der Waals surface area (Å²) in [6.45, 7) is 4.67. The molecule has 2 N–H and O–H groups in total. The van der Waals surface area contributed by atoms with Crippen molar-refractivity contribution >= 4 is 29.6 Å². The third-order valence-electron chi connectivity index (χ3n) is 4.12. The lowest BCUT2D eigenvalue weighted by Crippen LogP contribution is -2.57. The molecular weight excluding hydrogens is 407 g/mol. The molecule has 0 spiro atoms. The zero-order chi connectivity index (χ0) is 21.8. The molecule has 2 atom stereocenters. The molecule has 0 bridgehead atoms. The van der Waals surface area contributed by atoms with E-state index >= 15 is 0 Å². The fourth-order valence-electron chi connectivity index (χ4n) is 2.85. The molecule has 0 saturated carbocycles. The van der Waals surface area contributed by atoms with Crippen LogP contribution in [-0.4, -0.2) is 58.8 Å². The van der Waals surface area contributed by atoms with E-state index in [2.05, 4.69) is 5.32 Å². The van der Waals surface area contributed by atoms with Gasteiger partial charge in [0, 0.05) is 18.7 Å². The molecule has 1 fully saturated rings. The van der Waals surface area contributed by atoms with E-state index < -0.39 is 41.5 Å². The Balaban J connectivity index is 1.94. The summed E-state index contributed by atoms with van der Waals surface area (Å²) < 4.78 is 23.9. The number of aliphatic carboxylic acids is 1. The lowest BCUT2D eigenvalue weighted by molar-refractivity contribution is -0.144. The molecule has 1 heterocycles. The Kier molecular flexibility index (Phi) is 7.29. The number of carbonyl (C=O) groups excluding carboxylic acids is 2. The Hall–Kier alpha value is -2.55. The van der Waals surface area contributed by atoms with E-state index in [4.69, 9.17) is 21.1 Å². The van der Waals surface area contributed by atoms with Crippen LogP contribution in [0.25, 0.3) is 0 Å². The summed E-state index contributed by atoms with van der Waals surface area (Å²) in [4.78, 5) is 37.1. The number of nitrogens with one attached hydrogen (secondary N) is 1. The molecule has 1 aliphatic rings. The van der Waals surface area contributed by atoms with Crippen LogP contribution in [0, 0.1) is 5.82 Å². The number of piperidine rings is 1. The molecule has 0 radical (unpaired) electrons. The van der Waals surface area contributed by atoms with Crippen LogP contribution in [0.5, 0.6) is 5.75 Å². The maximum Gasteiger partial charge on any atom is 0.411 e. The quantitative estimate of drug-likeness (QED) is 0.744. The highest BCUT2D eigenvalue weighted by molar-refractivity contribution is 6.30. The second-order valence-electron chi connectivity index (χ2n) is 7.69. The van der Waals surface area contributed by atoms with Crippen molar-refractivity contribution in [2.45, 2.75) is 51.3 Å². The van der Waals surface area contributed by atoms with E-state index in [1.54, 1.807) is 20.8 Å². The number of likely N-dealkylation sites (tertiary alicyclic amines) is 1. The highest BCUT2D eigenvalue weighted by Gasteiger charge is 2.38. The summed E-state index contributed by atoms with van der Waals surface area (Å²) in [6, 6.07) is 2.33. The van der Waals surface area contributed by atoms with Gasteiger partial charge in [-0.05, 0) is 45.7 Å². The second-order valence-corrected chi connectivity index (χ2v) is 8.10. The lowest BCUT2D eigenvalue weighted by Gasteiger charge is -2.38. The van der Waals surface area contributed by atoms with Gasteiger partial charge in [0.2, 0.25) is 0 Å². The first-order valence-electron chi connectivity index (χ1n) is 9.06. The summed E-state index contributed by atoms with van der Waals surface area (Å²) in [6.07, 6.45) is -0.211. The van der Waals surface area contributed by atoms with Gasteiger partial charge in [-0.25, -0.2) is 14.0 Å². The van der Waals surface area contributed by atoms with E-state index in [1.165, 1.54) is 12.1 Å². The van der Waals surface area contributed by atoms with Crippen LogP contribution >= 0.6 is 11.6 Å². The van der Waals surface area contributed by atoms with Gasteiger partial charge in [-0.3, -0.25) is 9.69 Å². The van der Waals surface area contributed by atoms with Crippen molar-refractivity contribution in [1.82, 2.24) is 10.2 Å². The zero-order valence-corrected chi connectivity index (χ0v) is 17.2. The van der Waals surface area contributed by atoms with Gasteiger partial charge in [0.1, 0.15) is 23.2 Å². The molecule has 1 saturated heterocycles. The Morgan fingerprint density at radius 1 is 1.31 bits per heavy atom. The van der Waals surface area contributed by atoms with Gasteiger partial charge >= 0.3 is 12.1 Å². The number of amides is 2. The predicted molar refractivity (Wildman–Crippen MR) is 102 cm³/mol. The van der Waals surface area contributed by atoms with Gasteiger partial charge in [-0.15, -0.1) is 0 Å². The fraction of sp³-hybridized carbons (Fsp3) is 0.526. The summed E-state index contributed by atoms with van der Waals surface area (Å²) in [5.74, 6) is -2.13. The topological polar surface area (TPSA) is 105 Å². The average molecular weight is 431 g/mol. The predicted octanol–water partition coefficient (Wildman–Crippen LogP) is 2.83. The van der Waals surface area contributed by atoms with E-state index in [1.807, 2.05) is 0 Å². The van der Waals surface area contributed by atoms with Gasteiger partial charge in [0.25, 0.3) is 5.91 Å². The maximum atomic E-state index is 13.4. The maximum absolute atomic E-state index is 13.4. The SMILES string of the molecule is CC(C)(C)OC(=O)N1C[C@@H](NC(=O)COc2ccc(Cl)c(F)c2)CC[C@@H]1C(=O)O.